The summed E-state index contributed by atoms with van der Waals surface area (Å²) in [7, 11) is 1.68. The number of piperidine rings is 1. The van der Waals surface area contributed by atoms with Crippen LogP contribution in [0, 0.1) is 17.8 Å². The third-order valence-corrected chi connectivity index (χ3v) is 7.75. The molecule has 0 unspecified atom stereocenters. The van der Waals surface area contributed by atoms with Gasteiger partial charge in [0.2, 0.25) is 0 Å². The maximum absolute atomic E-state index is 13.9. The topological polar surface area (TPSA) is 32.8 Å². The second kappa shape index (κ2) is 14.7. The van der Waals surface area contributed by atoms with Gasteiger partial charge in [0, 0.05) is 43.2 Å². The summed E-state index contributed by atoms with van der Waals surface area (Å²) in [6.07, 6.45) is 5.18. The lowest BCUT2D eigenvalue weighted by atomic mass is 9.99. The Morgan fingerprint density at radius 3 is 2.15 bits per heavy atom. The minimum atomic E-state index is 0.105. The van der Waals surface area contributed by atoms with E-state index in [1.807, 2.05) is 36.4 Å². The number of methoxy groups -OCH3 is 1. The van der Waals surface area contributed by atoms with Crippen molar-refractivity contribution < 1.29 is 9.53 Å². The van der Waals surface area contributed by atoms with Gasteiger partial charge < -0.3 is 14.5 Å². The summed E-state index contributed by atoms with van der Waals surface area (Å²) in [4.78, 5) is 18.6. The van der Waals surface area contributed by atoms with Gasteiger partial charge in [0.05, 0.1) is 7.11 Å². The minimum Gasteiger partial charge on any atom is -0.497 e. The molecule has 4 rings (SSSR count). The van der Waals surface area contributed by atoms with Gasteiger partial charge in [-0.3, -0.25) is 4.79 Å². The Morgan fingerprint density at radius 1 is 0.950 bits per heavy atom. The molecule has 1 fully saturated rings. The number of amides is 1. The fraction of sp³-hybridized carbons (Fsp3) is 0.417. The number of hydrogen-bond acceptors (Lipinski definition) is 3. The van der Waals surface area contributed by atoms with Gasteiger partial charge >= 0.3 is 0 Å². The van der Waals surface area contributed by atoms with Crippen LogP contribution in [0.15, 0.2) is 72.8 Å². The van der Waals surface area contributed by atoms with E-state index in [4.69, 9.17) is 4.74 Å². The molecule has 0 radical (unpaired) electrons. The summed E-state index contributed by atoms with van der Waals surface area (Å²) in [5, 5.41) is 0. The first-order chi connectivity index (χ1) is 19.5. The van der Waals surface area contributed by atoms with Crippen LogP contribution in [-0.2, 0) is 6.54 Å². The van der Waals surface area contributed by atoms with Gasteiger partial charge in [-0.2, -0.15) is 0 Å². The third kappa shape index (κ3) is 8.23. The number of rotatable bonds is 10. The first-order valence-electron chi connectivity index (χ1n) is 14.8. The van der Waals surface area contributed by atoms with Gasteiger partial charge in [0.15, 0.2) is 0 Å². The van der Waals surface area contributed by atoms with E-state index in [1.54, 1.807) is 7.11 Å². The highest BCUT2D eigenvalue weighted by atomic mass is 16.5. The van der Waals surface area contributed by atoms with Crippen LogP contribution >= 0.6 is 0 Å². The van der Waals surface area contributed by atoms with E-state index in [-0.39, 0.29) is 11.9 Å². The highest BCUT2D eigenvalue weighted by Gasteiger charge is 2.29. The number of ether oxygens (including phenoxy) is 1. The highest BCUT2D eigenvalue weighted by Crippen LogP contribution is 2.26. The highest BCUT2D eigenvalue weighted by molar-refractivity contribution is 5.94. The molecule has 210 valence electrons. The summed E-state index contributed by atoms with van der Waals surface area (Å²) >= 11 is 0. The van der Waals surface area contributed by atoms with E-state index >= 15 is 0 Å². The standard InChI is InChI=1S/C36H44N2O2/c1-5-6-7-8-29-9-15-33(16-10-29)36(39)38(34-22-25-37(26-23-34)24-21-28(2)3)27-30-11-13-31(14-12-30)32-17-19-35(40-4)20-18-32/h9-20,28,34H,5-6,21-27H2,1-4H3. The predicted octanol–water partition coefficient (Wildman–Crippen LogP) is 7.67. The Bertz CT molecular complexity index is 1260. The van der Waals surface area contributed by atoms with E-state index in [1.165, 1.54) is 6.42 Å². The minimum absolute atomic E-state index is 0.105. The average Bonchev–Trinajstić information content (AvgIpc) is 3.00. The summed E-state index contributed by atoms with van der Waals surface area (Å²) in [5.74, 6) is 8.07. The SMILES string of the molecule is CCCC#Cc1ccc(C(=O)N(Cc2ccc(-c3ccc(OC)cc3)cc2)C2CCN(CCC(C)C)CC2)cc1. The van der Waals surface area contributed by atoms with Gasteiger partial charge in [-0.25, -0.2) is 0 Å². The lowest BCUT2D eigenvalue weighted by Gasteiger charge is -2.39. The first-order valence-corrected chi connectivity index (χ1v) is 14.8. The van der Waals surface area contributed by atoms with Crippen molar-refractivity contribution >= 4 is 5.91 Å². The molecular formula is C36H44N2O2. The van der Waals surface area contributed by atoms with Crippen LogP contribution in [0.25, 0.3) is 11.1 Å². The molecule has 0 spiro atoms. The monoisotopic (exact) mass is 536 g/mol. The Labute approximate surface area is 241 Å². The van der Waals surface area contributed by atoms with Crippen molar-refractivity contribution in [2.45, 2.75) is 65.5 Å². The van der Waals surface area contributed by atoms with Crippen molar-refractivity contribution in [1.82, 2.24) is 9.80 Å². The molecule has 1 aliphatic rings. The largest absolute Gasteiger partial charge is 0.497 e. The van der Waals surface area contributed by atoms with E-state index in [2.05, 4.69) is 78.8 Å². The zero-order valence-corrected chi connectivity index (χ0v) is 24.7. The Morgan fingerprint density at radius 2 is 1.57 bits per heavy atom. The molecule has 0 bridgehead atoms. The number of hydrogen-bond donors (Lipinski definition) is 0. The van der Waals surface area contributed by atoms with Crippen molar-refractivity contribution in [3.8, 4) is 28.7 Å². The van der Waals surface area contributed by atoms with Gasteiger partial charge in [-0.1, -0.05) is 69.0 Å². The first kappa shape index (κ1) is 29.4. The molecule has 1 aliphatic heterocycles. The van der Waals surface area contributed by atoms with Gasteiger partial charge in [0.1, 0.15) is 5.75 Å². The van der Waals surface area contributed by atoms with Gasteiger partial charge in [0.25, 0.3) is 5.91 Å². The number of nitrogens with zero attached hydrogens (tertiary/aromatic N) is 2. The van der Waals surface area contributed by atoms with Crippen molar-refractivity contribution in [2.24, 2.45) is 5.92 Å². The van der Waals surface area contributed by atoms with E-state index in [0.717, 1.165) is 78.9 Å². The fourth-order valence-electron chi connectivity index (χ4n) is 5.20. The summed E-state index contributed by atoms with van der Waals surface area (Å²) in [6.45, 7) is 10.5. The number of unbranched alkanes of at least 4 members (excludes halogenated alkanes) is 1. The van der Waals surface area contributed by atoms with Crippen molar-refractivity contribution in [2.75, 3.05) is 26.7 Å². The van der Waals surface area contributed by atoms with Crippen LogP contribution in [0.5, 0.6) is 5.75 Å². The quantitative estimate of drug-likeness (QED) is 0.249. The number of likely N-dealkylation sites (tertiary alicyclic amines) is 1. The van der Waals surface area contributed by atoms with Gasteiger partial charge in [-0.15, -0.1) is 0 Å². The van der Waals surface area contributed by atoms with Crippen molar-refractivity contribution in [3.63, 3.8) is 0 Å². The van der Waals surface area contributed by atoms with Crippen molar-refractivity contribution in [1.29, 1.82) is 0 Å². The molecule has 3 aromatic carbocycles. The zero-order valence-electron chi connectivity index (χ0n) is 24.7. The second-order valence-electron chi connectivity index (χ2n) is 11.2. The average molecular weight is 537 g/mol. The molecule has 3 aromatic rings. The van der Waals surface area contributed by atoms with Crippen LogP contribution in [0.1, 0.15) is 74.4 Å². The molecule has 1 amide bonds. The van der Waals surface area contributed by atoms with Gasteiger partial charge in [-0.05, 0) is 91.2 Å². The normalized spacial score (nSPS) is 14.0. The maximum atomic E-state index is 13.9. The van der Waals surface area contributed by atoms with Crippen LogP contribution in [0.3, 0.4) is 0 Å². The lowest BCUT2D eigenvalue weighted by Crippen LogP contribution is -2.47. The zero-order chi connectivity index (χ0) is 28.3. The third-order valence-electron chi connectivity index (χ3n) is 7.75. The molecule has 1 heterocycles. The molecule has 0 aliphatic carbocycles. The molecule has 4 nitrogen and oxygen atoms in total. The smallest absolute Gasteiger partial charge is 0.254 e. The van der Waals surface area contributed by atoms with E-state index in [0.29, 0.717) is 12.5 Å². The molecule has 0 N–H and O–H groups in total. The fourth-order valence-corrected chi connectivity index (χ4v) is 5.20. The lowest BCUT2D eigenvalue weighted by molar-refractivity contribution is 0.0546. The molecule has 0 atom stereocenters. The Balaban J connectivity index is 1.50. The van der Waals surface area contributed by atoms with E-state index < -0.39 is 0 Å². The predicted molar refractivity (Wildman–Crippen MR) is 165 cm³/mol. The Kier molecular flexibility index (Phi) is 10.8. The number of carbonyl (C=O) groups excluding carboxylic acids is 1. The molecule has 4 heteroatoms. The molecule has 0 aromatic heterocycles. The summed E-state index contributed by atoms with van der Waals surface area (Å²) < 4.78 is 5.30. The second-order valence-corrected chi connectivity index (χ2v) is 11.2. The maximum Gasteiger partial charge on any atom is 0.254 e. The molecule has 0 saturated carbocycles. The number of carbonyl (C=O) groups is 1. The van der Waals surface area contributed by atoms with Crippen LogP contribution in [0.4, 0.5) is 0 Å². The Hall–Kier alpha value is -3.55. The van der Waals surface area contributed by atoms with Crippen LogP contribution in [0.2, 0.25) is 0 Å². The molecular weight excluding hydrogens is 492 g/mol. The van der Waals surface area contributed by atoms with Crippen molar-refractivity contribution in [3.05, 3.63) is 89.5 Å². The van der Waals surface area contributed by atoms with E-state index in [9.17, 15) is 4.79 Å². The summed E-state index contributed by atoms with van der Waals surface area (Å²) in [6, 6.07) is 24.8. The van der Waals surface area contributed by atoms with Crippen LogP contribution in [-0.4, -0.2) is 48.5 Å². The number of benzene rings is 3. The molecule has 1 saturated heterocycles. The molecule has 40 heavy (non-hydrogen) atoms. The summed E-state index contributed by atoms with van der Waals surface area (Å²) in [5.41, 5.74) is 5.15. The van der Waals surface area contributed by atoms with Crippen LogP contribution < -0.4 is 4.74 Å².